The van der Waals surface area contributed by atoms with E-state index in [0.717, 1.165) is 39.8 Å². The zero-order chi connectivity index (χ0) is 31.5. The molecule has 0 N–H and O–H groups in total. The zero-order valence-electron chi connectivity index (χ0n) is 26.6. The summed E-state index contributed by atoms with van der Waals surface area (Å²) in [5.41, 5.74) is 9.44. The second kappa shape index (κ2) is 14.2. The van der Waals surface area contributed by atoms with Crippen molar-refractivity contribution in [3.63, 3.8) is 0 Å². The molecule has 47 heavy (non-hydrogen) atoms. The van der Waals surface area contributed by atoms with Gasteiger partial charge in [-0.1, -0.05) is 86.6 Å². The predicted molar refractivity (Wildman–Crippen MR) is 187 cm³/mol. The Kier molecular flexibility index (Phi) is 9.70. The van der Waals surface area contributed by atoms with Gasteiger partial charge in [-0.2, -0.15) is 6.67 Å². The van der Waals surface area contributed by atoms with Crippen molar-refractivity contribution in [3.8, 4) is 28.1 Å². The van der Waals surface area contributed by atoms with E-state index >= 15 is 0 Å². The molecule has 0 spiro atoms. The fourth-order valence-electron chi connectivity index (χ4n) is 5.92. The van der Waals surface area contributed by atoms with E-state index in [2.05, 4.69) is 150 Å². The molecule has 6 nitrogen and oxygen atoms in total. The molecule has 0 unspecified atom stereocenters. The second-order valence-corrected chi connectivity index (χ2v) is 11.8. The Morgan fingerprint density at radius 3 is 2.30 bits per heavy atom. The minimum atomic E-state index is 0. The van der Waals surface area contributed by atoms with E-state index in [-0.39, 0.29) is 21.1 Å². The predicted octanol–water partition coefficient (Wildman–Crippen LogP) is 9.33. The first kappa shape index (κ1) is 32.0. The summed E-state index contributed by atoms with van der Waals surface area (Å²) >= 11 is 0. The van der Waals surface area contributed by atoms with Crippen LogP contribution in [-0.2, 0) is 27.6 Å². The van der Waals surface area contributed by atoms with Crippen LogP contribution in [0, 0.1) is 12.7 Å². The summed E-state index contributed by atoms with van der Waals surface area (Å²) in [7, 11) is 2.02. The molecule has 4 aromatic carbocycles. The third-order valence-corrected chi connectivity index (χ3v) is 8.12. The van der Waals surface area contributed by atoms with Crippen molar-refractivity contribution in [2.24, 2.45) is 0 Å². The van der Waals surface area contributed by atoms with Crippen LogP contribution in [0.2, 0.25) is 0 Å². The minimum absolute atomic E-state index is 0. The molecule has 0 saturated heterocycles. The first-order chi connectivity index (χ1) is 22.5. The summed E-state index contributed by atoms with van der Waals surface area (Å²) in [5, 5.41) is 0. The molecular weight excluding hydrogens is 760 g/mol. The van der Waals surface area contributed by atoms with E-state index in [0.29, 0.717) is 12.5 Å². The van der Waals surface area contributed by atoms with Crippen molar-refractivity contribution in [2.75, 3.05) is 11.9 Å². The number of benzene rings is 4. The summed E-state index contributed by atoms with van der Waals surface area (Å²) < 4.78 is 2.16. The monoisotopic (exact) mass is 795 g/mol. The van der Waals surface area contributed by atoms with Gasteiger partial charge in [-0.3, -0.25) is 4.98 Å². The van der Waals surface area contributed by atoms with Crippen molar-refractivity contribution in [1.29, 1.82) is 0 Å². The van der Waals surface area contributed by atoms with Gasteiger partial charge in [-0.05, 0) is 72.6 Å². The van der Waals surface area contributed by atoms with Crippen LogP contribution in [0.3, 0.4) is 0 Å². The van der Waals surface area contributed by atoms with Gasteiger partial charge in [0.2, 0.25) is 0 Å². The van der Waals surface area contributed by atoms with Crippen molar-refractivity contribution in [2.45, 2.75) is 26.3 Å². The molecule has 3 heterocycles. The second-order valence-electron chi connectivity index (χ2n) is 11.8. The van der Waals surface area contributed by atoms with E-state index < -0.39 is 0 Å². The Morgan fingerprint density at radius 2 is 1.55 bits per heavy atom. The Bertz CT molecular complexity index is 1970. The van der Waals surface area contributed by atoms with Gasteiger partial charge in [0, 0.05) is 23.5 Å². The average molecular weight is 796 g/mol. The van der Waals surface area contributed by atoms with E-state index in [1.165, 1.54) is 16.7 Å². The molecule has 7 rings (SSSR count). The molecule has 6 aromatic rings. The standard InChI is InChI=1S/C40H36N6.Pt/c1-30(2)36-20-12-21-37(31-13-6-4-7-14-31)40(36)45-27-38(41-28-45)32-15-10-19-35(25-32)46(34-17-8-5-9-18-34)39-22-11-16-33(42-39)26-44-24-23-43(3)29-44;/h4-24,27-30H,26H2,1-3H3;/q-2;+2. The molecular formula is C40H36N6Pt. The van der Waals surface area contributed by atoms with Gasteiger partial charge in [-0.25, -0.2) is 4.98 Å². The van der Waals surface area contributed by atoms with Crippen LogP contribution in [0.5, 0.6) is 0 Å². The number of pyridine rings is 1. The fourth-order valence-corrected chi connectivity index (χ4v) is 5.92. The Labute approximate surface area is 291 Å². The van der Waals surface area contributed by atoms with Gasteiger partial charge < -0.3 is 19.3 Å². The van der Waals surface area contributed by atoms with Crippen molar-refractivity contribution in [3.05, 3.63) is 164 Å². The molecule has 236 valence electrons. The van der Waals surface area contributed by atoms with E-state index in [4.69, 9.17) is 9.97 Å². The fraction of sp³-hybridized carbons (Fsp3) is 0.125. The Balaban J connectivity index is 0.00000386. The number of hydrogen-bond acceptors (Lipinski definition) is 5. The van der Waals surface area contributed by atoms with Gasteiger partial charge in [-0.15, -0.1) is 29.8 Å². The number of aromatic nitrogens is 3. The summed E-state index contributed by atoms with van der Waals surface area (Å²) in [6.45, 7) is 7.22. The molecule has 0 aliphatic carbocycles. The van der Waals surface area contributed by atoms with Gasteiger partial charge >= 0.3 is 21.1 Å². The summed E-state index contributed by atoms with van der Waals surface area (Å²) in [4.78, 5) is 16.3. The van der Waals surface area contributed by atoms with E-state index in [9.17, 15) is 0 Å². The first-order valence-corrected chi connectivity index (χ1v) is 15.6. The van der Waals surface area contributed by atoms with E-state index in [1.54, 1.807) is 0 Å². The van der Waals surface area contributed by atoms with Crippen molar-refractivity contribution in [1.82, 2.24) is 24.3 Å². The summed E-state index contributed by atoms with van der Waals surface area (Å²) in [5.74, 6) is 1.18. The number of anilines is 3. The average Bonchev–Trinajstić information content (AvgIpc) is 3.75. The smallest absolute Gasteiger partial charge is 0.511 e. The van der Waals surface area contributed by atoms with Crippen LogP contribution in [0.15, 0.2) is 140 Å². The first-order valence-electron chi connectivity index (χ1n) is 15.6. The van der Waals surface area contributed by atoms with E-state index in [1.807, 2.05) is 42.7 Å². The van der Waals surface area contributed by atoms with Gasteiger partial charge in [0.05, 0.1) is 17.7 Å². The maximum atomic E-state index is 5.10. The molecule has 0 bridgehead atoms. The third kappa shape index (κ3) is 6.94. The van der Waals surface area contributed by atoms with Gasteiger partial charge in [0.1, 0.15) is 5.82 Å². The Morgan fingerprint density at radius 1 is 0.809 bits per heavy atom. The maximum absolute atomic E-state index is 5.10. The number of rotatable bonds is 9. The number of imidazole rings is 1. The zero-order valence-corrected chi connectivity index (χ0v) is 28.9. The maximum Gasteiger partial charge on any atom is 2.00 e. The molecule has 0 radical (unpaired) electrons. The number of hydrogen-bond donors (Lipinski definition) is 0. The minimum Gasteiger partial charge on any atom is -0.511 e. The van der Waals surface area contributed by atoms with Crippen LogP contribution in [-0.4, -0.2) is 31.4 Å². The third-order valence-electron chi connectivity index (χ3n) is 8.12. The topological polar surface area (TPSA) is 40.4 Å². The molecule has 0 saturated carbocycles. The van der Waals surface area contributed by atoms with Crippen molar-refractivity contribution < 1.29 is 21.1 Å². The van der Waals surface area contributed by atoms with Gasteiger partial charge in [0.15, 0.2) is 0 Å². The molecule has 1 aliphatic rings. The van der Waals surface area contributed by atoms with Crippen LogP contribution in [0.1, 0.15) is 31.0 Å². The molecule has 1 aliphatic heterocycles. The summed E-state index contributed by atoms with van der Waals surface area (Å²) in [6, 6.07) is 43.5. The SMILES string of the molecule is CC(C)c1cccc(-c2ccccc2)c1-n1cnc(-c2[c-]c(N(c3ccccc3)c3cccc(CN4C=CN(C)[CH-]4)n3)ccc2)c1.[Pt+2]. The molecule has 0 fully saturated rings. The molecule has 0 amide bonds. The molecule has 7 heteroatoms. The van der Waals surface area contributed by atoms with Crippen LogP contribution in [0.25, 0.3) is 28.1 Å². The normalized spacial score (nSPS) is 12.4. The molecule has 0 atom stereocenters. The Hall–Kier alpha value is -4.93. The summed E-state index contributed by atoms with van der Waals surface area (Å²) in [6.07, 6.45) is 8.13. The molecule has 2 aromatic heterocycles. The van der Waals surface area contributed by atoms with Crippen LogP contribution in [0.4, 0.5) is 17.2 Å². The van der Waals surface area contributed by atoms with Crippen molar-refractivity contribution >= 4 is 17.2 Å². The largest absolute Gasteiger partial charge is 2.00 e. The van der Waals surface area contributed by atoms with Gasteiger partial charge in [0.25, 0.3) is 0 Å². The van der Waals surface area contributed by atoms with Crippen LogP contribution < -0.4 is 4.90 Å². The van der Waals surface area contributed by atoms with Crippen LogP contribution >= 0.6 is 0 Å². The number of para-hydroxylation sites is 2. The number of nitrogens with zero attached hydrogens (tertiary/aromatic N) is 6. The quantitative estimate of drug-likeness (QED) is 0.137.